The Morgan fingerprint density at radius 3 is 2.81 bits per heavy atom. The van der Waals surface area contributed by atoms with Crippen molar-refractivity contribution >= 4 is 22.4 Å². The first-order valence-corrected chi connectivity index (χ1v) is 5.94. The number of carbonyl (C=O) groups excluding carboxylic acids is 1. The number of amides is 1. The van der Waals surface area contributed by atoms with Gasteiger partial charge in [0.25, 0.3) is 5.91 Å². The molecule has 3 N–H and O–H groups in total. The maximum atomic E-state index is 11.6. The molecule has 16 heavy (non-hydrogen) atoms. The molecule has 0 aromatic carbocycles. The molecule has 0 aliphatic heterocycles. The van der Waals surface area contributed by atoms with Gasteiger partial charge in [0.1, 0.15) is 6.10 Å². The van der Waals surface area contributed by atoms with E-state index in [4.69, 9.17) is 10.5 Å². The number of nitrogens with two attached hydrogens (primary N) is 1. The Bertz CT molecular complexity index is 361. The molecule has 0 saturated carbocycles. The average molecular weight is 243 g/mol. The summed E-state index contributed by atoms with van der Waals surface area (Å²) in [6, 6.07) is 0. The summed E-state index contributed by atoms with van der Waals surface area (Å²) in [4.78, 5) is 17.1. The Morgan fingerprint density at radius 1 is 1.69 bits per heavy atom. The van der Waals surface area contributed by atoms with Gasteiger partial charge in [0.15, 0.2) is 5.13 Å². The molecule has 1 heterocycles. The van der Waals surface area contributed by atoms with E-state index >= 15 is 0 Å². The third-order valence-corrected chi connectivity index (χ3v) is 3.18. The predicted molar refractivity (Wildman–Crippen MR) is 64.7 cm³/mol. The lowest BCUT2D eigenvalue weighted by atomic mass is 10.3. The second kappa shape index (κ2) is 5.93. The van der Waals surface area contributed by atoms with Crippen LogP contribution in [0, 0.1) is 6.92 Å². The second-order valence-corrected chi connectivity index (χ2v) is 4.53. The topological polar surface area (TPSA) is 77.2 Å². The molecule has 0 saturated heterocycles. The van der Waals surface area contributed by atoms with Crippen LogP contribution in [0.25, 0.3) is 0 Å². The summed E-state index contributed by atoms with van der Waals surface area (Å²) < 4.78 is 4.94. The summed E-state index contributed by atoms with van der Waals surface area (Å²) in [5, 5.41) is 3.31. The molecule has 0 fully saturated rings. The van der Waals surface area contributed by atoms with E-state index in [0.29, 0.717) is 5.13 Å². The number of aromatic nitrogens is 1. The van der Waals surface area contributed by atoms with Crippen LogP contribution in [0.3, 0.4) is 0 Å². The van der Waals surface area contributed by atoms with Crippen molar-refractivity contribution in [1.82, 2.24) is 4.98 Å². The summed E-state index contributed by atoms with van der Waals surface area (Å²) in [6.45, 7) is 4.18. The molecule has 1 atom stereocenters. The molecule has 6 heteroatoms. The number of ether oxygens (including phenoxy) is 1. The first-order valence-electron chi connectivity index (χ1n) is 5.12. The lowest BCUT2D eigenvalue weighted by molar-refractivity contribution is -0.125. The van der Waals surface area contributed by atoms with Gasteiger partial charge in [-0.25, -0.2) is 4.98 Å². The molecule has 1 unspecified atom stereocenters. The van der Waals surface area contributed by atoms with Gasteiger partial charge in [0.2, 0.25) is 0 Å². The van der Waals surface area contributed by atoms with Crippen molar-refractivity contribution in [2.45, 2.75) is 26.4 Å². The molecule has 5 nitrogen and oxygen atoms in total. The zero-order chi connectivity index (χ0) is 12.1. The maximum Gasteiger partial charge on any atom is 0.256 e. The Morgan fingerprint density at radius 2 is 2.38 bits per heavy atom. The molecule has 0 spiro atoms. The predicted octanol–water partition coefficient (Wildman–Crippen LogP) is 0.926. The standard InChI is InChI=1S/C10H17N3O2S/c1-4-7-6(2)16-10(12-7)13-9(14)8(5-11)15-3/h8H,4-5,11H2,1-3H3,(H,12,13,14). The zero-order valence-electron chi connectivity index (χ0n) is 9.74. The fraction of sp³-hybridized carbons (Fsp3) is 0.600. The molecule has 1 aromatic rings. The number of hydrogen-bond acceptors (Lipinski definition) is 5. The molecule has 0 bridgehead atoms. The third kappa shape index (κ3) is 3.01. The molecule has 0 aliphatic rings. The van der Waals surface area contributed by atoms with Crippen LogP contribution in [0.5, 0.6) is 0 Å². The quantitative estimate of drug-likeness (QED) is 0.806. The van der Waals surface area contributed by atoms with Gasteiger partial charge in [0.05, 0.1) is 5.69 Å². The highest BCUT2D eigenvalue weighted by molar-refractivity contribution is 7.15. The highest BCUT2D eigenvalue weighted by atomic mass is 32.1. The van der Waals surface area contributed by atoms with E-state index in [1.54, 1.807) is 0 Å². The molecular weight excluding hydrogens is 226 g/mol. The van der Waals surface area contributed by atoms with Crippen molar-refractivity contribution in [1.29, 1.82) is 0 Å². The van der Waals surface area contributed by atoms with Gasteiger partial charge in [-0.3, -0.25) is 10.1 Å². The van der Waals surface area contributed by atoms with E-state index in [-0.39, 0.29) is 12.5 Å². The summed E-state index contributed by atoms with van der Waals surface area (Å²) >= 11 is 1.47. The van der Waals surface area contributed by atoms with Crippen LogP contribution in [0.2, 0.25) is 0 Å². The molecule has 0 aliphatic carbocycles. The van der Waals surface area contributed by atoms with Gasteiger partial charge in [-0.2, -0.15) is 0 Å². The summed E-state index contributed by atoms with van der Waals surface area (Å²) in [7, 11) is 1.46. The number of nitrogens with zero attached hydrogens (tertiary/aromatic N) is 1. The van der Waals surface area contributed by atoms with E-state index in [0.717, 1.165) is 17.0 Å². The smallest absolute Gasteiger partial charge is 0.256 e. The van der Waals surface area contributed by atoms with Crippen LogP contribution < -0.4 is 11.1 Å². The number of aryl methyl sites for hydroxylation is 2. The van der Waals surface area contributed by atoms with E-state index in [1.807, 2.05) is 13.8 Å². The van der Waals surface area contributed by atoms with Gasteiger partial charge >= 0.3 is 0 Å². The Hall–Kier alpha value is -0.980. The van der Waals surface area contributed by atoms with E-state index < -0.39 is 6.10 Å². The van der Waals surface area contributed by atoms with E-state index in [1.165, 1.54) is 18.4 Å². The zero-order valence-corrected chi connectivity index (χ0v) is 10.6. The van der Waals surface area contributed by atoms with E-state index in [2.05, 4.69) is 10.3 Å². The summed E-state index contributed by atoms with van der Waals surface area (Å²) in [6.07, 6.45) is 0.247. The van der Waals surface area contributed by atoms with Gasteiger partial charge in [0, 0.05) is 18.5 Å². The number of anilines is 1. The number of nitrogens with one attached hydrogen (secondary N) is 1. The third-order valence-electron chi connectivity index (χ3n) is 2.25. The first-order chi connectivity index (χ1) is 7.62. The van der Waals surface area contributed by atoms with Crippen LogP contribution in [0.4, 0.5) is 5.13 Å². The van der Waals surface area contributed by atoms with E-state index in [9.17, 15) is 4.79 Å². The summed E-state index contributed by atoms with van der Waals surface area (Å²) in [5.74, 6) is -0.249. The molecule has 1 amide bonds. The number of rotatable bonds is 5. The monoisotopic (exact) mass is 243 g/mol. The number of carbonyl (C=O) groups is 1. The average Bonchev–Trinajstić information content (AvgIpc) is 2.60. The summed E-state index contributed by atoms with van der Waals surface area (Å²) in [5.41, 5.74) is 6.41. The minimum atomic E-state index is -0.616. The van der Waals surface area contributed by atoms with Crippen molar-refractivity contribution in [2.75, 3.05) is 19.0 Å². The van der Waals surface area contributed by atoms with Crippen LogP contribution >= 0.6 is 11.3 Å². The Balaban J connectivity index is 2.69. The van der Waals surface area contributed by atoms with Crippen molar-refractivity contribution in [3.63, 3.8) is 0 Å². The SMILES string of the molecule is CCc1nc(NC(=O)C(CN)OC)sc1C. The highest BCUT2D eigenvalue weighted by Crippen LogP contribution is 2.22. The molecule has 90 valence electrons. The molecule has 0 radical (unpaired) electrons. The largest absolute Gasteiger partial charge is 0.370 e. The fourth-order valence-electron chi connectivity index (χ4n) is 1.31. The molecule has 1 aromatic heterocycles. The lowest BCUT2D eigenvalue weighted by Crippen LogP contribution is -2.35. The van der Waals surface area contributed by atoms with Crippen LogP contribution in [0.1, 0.15) is 17.5 Å². The maximum absolute atomic E-state index is 11.6. The van der Waals surface area contributed by atoms with Gasteiger partial charge < -0.3 is 10.5 Å². The van der Waals surface area contributed by atoms with Crippen LogP contribution in [-0.2, 0) is 16.0 Å². The normalized spacial score (nSPS) is 12.5. The number of methoxy groups -OCH3 is 1. The molecule has 1 rings (SSSR count). The number of hydrogen-bond donors (Lipinski definition) is 2. The first kappa shape index (κ1) is 13.1. The Kier molecular flexibility index (Phi) is 4.85. The van der Waals surface area contributed by atoms with Gasteiger partial charge in [-0.1, -0.05) is 6.92 Å². The van der Waals surface area contributed by atoms with Crippen molar-refractivity contribution in [3.05, 3.63) is 10.6 Å². The lowest BCUT2D eigenvalue weighted by Gasteiger charge is -2.10. The minimum Gasteiger partial charge on any atom is -0.370 e. The van der Waals surface area contributed by atoms with Gasteiger partial charge in [-0.05, 0) is 13.3 Å². The van der Waals surface area contributed by atoms with Crippen LogP contribution in [0.15, 0.2) is 0 Å². The van der Waals surface area contributed by atoms with Gasteiger partial charge in [-0.15, -0.1) is 11.3 Å². The Labute approximate surface area is 99.0 Å². The number of thiazole rings is 1. The van der Waals surface area contributed by atoms with Crippen LogP contribution in [-0.4, -0.2) is 30.6 Å². The van der Waals surface area contributed by atoms with Crippen molar-refractivity contribution in [2.24, 2.45) is 5.73 Å². The highest BCUT2D eigenvalue weighted by Gasteiger charge is 2.17. The minimum absolute atomic E-state index is 0.160. The van der Waals surface area contributed by atoms with Crippen molar-refractivity contribution in [3.8, 4) is 0 Å². The fourth-order valence-corrected chi connectivity index (χ4v) is 2.21. The second-order valence-electron chi connectivity index (χ2n) is 3.32. The molecular formula is C10H17N3O2S. The van der Waals surface area contributed by atoms with Crippen molar-refractivity contribution < 1.29 is 9.53 Å².